The van der Waals surface area contributed by atoms with Gasteiger partial charge in [-0.2, -0.15) is 0 Å². The second kappa shape index (κ2) is 7.04. The average Bonchev–Trinajstić information content (AvgIpc) is 2.64. The van der Waals surface area contributed by atoms with E-state index < -0.39 is 0 Å². The van der Waals surface area contributed by atoms with Crippen LogP contribution in [0.25, 0.3) is 0 Å². The maximum atomic E-state index is 6.39. The Labute approximate surface area is 123 Å². The van der Waals surface area contributed by atoms with Crippen LogP contribution >= 0.6 is 27.3 Å². The van der Waals surface area contributed by atoms with Gasteiger partial charge < -0.3 is 5.73 Å². The molecule has 0 spiro atoms. The molecule has 2 N–H and O–H groups in total. The van der Waals surface area contributed by atoms with Gasteiger partial charge in [0.2, 0.25) is 0 Å². The molecular weight excluding hydrogens is 308 g/mol. The van der Waals surface area contributed by atoms with Gasteiger partial charge in [-0.15, -0.1) is 11.3 Å². The van der Waals surface area contributed by atoms with Gasteiger partial charge >= 0.3 is 0 Å². The summed E-state index contributed by atoms with van der Waals surface area (Å²) < 4.78 is 1.21. The number of hydrogen-bond acceptors (Lipinski definition) is 3. The fourth-order valence-corrected chi connectivity index (χ4v) is 4.38. The van der Waals surface area contributed by atoms with Crippen LogP contribution < -0.4 is 5.73 Å². The first-order valence-corrected chi connectivity index (χ1v) is 8.58. The van der Waals surface area contributed by atoms with E-state index in [-0.39, 0.29) is 6.04 Å². The summed E-state index contributed by atoms with van der Waals surface area (Å²) in [7, 11) is 0. The minimum atomic E-state index is 0.244. The van der Waals surface area contributed by atoms with Crippen LogP contribution in [-0.4, -0.2) is 24.0 Å². The molecule has 0 aromatic carbocycles. The standard InChI is InChI=1S/C14H23BrN2S/c1-2-11(16)14(12-7-8-13(15)18-12)17-9-5-3-4-6-10-17/h7-8,11,14H,2-6,9-10,16H2,1H3. The second-order valence-electron chi connectivity index (χ2n) is 5.11. The van der Waals surface area contributed by atoms with Crippen LogP contribution in [0.1, 0.15) is 49.9 Å². The molecule has 4 heteroatoms. The Morgan fingerprint density at radius 3 is 2.44 bits per heavy atom. The zero-order valence-corrected chi connectivity index (χ0v) is 13.5. The van der Waals surface area contributed by atoms with Crippen LogP contribution in [0.4, 0.5) is 0 Å². The van der Waals surface area contributed by atoms with Gasteiger partial charge in [-0.1, -0.05) is 19.8 Å². The van der Waals surface area contributed by atoms with E-state index in [1.807, 2.05) is 11.3 Å². The summed E-state index contributed by atoms with van der Waals surface area (Å²) in [5.74, 6) is 0. The molecule has 0 amide bonds. The van der Waals surface area contributed by atoms with Crippen LogP contribution in [0.15, 0.2) is 15.9 Å². The maximum absolute atomic E-state index is 6.39. The lowest BCUT2D eigenvalue weighted by atomic mass is 10.0. The summed E-state index contributed by atoms with van der Waals surface area (Å²) in [5.41, 5.74) is 6.39. The number of hydrogen-bond donors (Lipinski definition) is 1. The van der Waals surface area contributed by atoms with E-state index in [0.29, 0.717) is 6.04 Å². The molecule has 0 saturated carbocycles. The third-order valence-corrected chi connectivity index (χ3v) is 5.49. The van der Waals surface area contributed by atoms with Crippen molar-refractivity contribution in [3.05, 3.63) is 20.8 Å². The number of rotatable bonds is 4. The summed E-state index contributed by atoms with van der Waals surface area (Å²) in [6.07, 6.45) is 6.42. The van der Waals surface area contributed by atoms with Gasteiger partial charge in [0.15, 0.2) is 0 Å². The summed E-state index contributed by atoms with van der Waals surface area (Å²) in [5, 5.41) is 0. The van der Waals surface area contributed by atoms with Crippen molar-refractivity contribution >= 4 is 27.3 Å². The van der Waals surface area contributed by atoms with E-state index in [1.54, 1.807) is 0 Å². The summed E-state index contributed by atoms with van der Waals surface area (Å²) in [6, 6.07) is 5.03. The average molecular weight is 331 g/mol. The van der Waals surface area contributed by atoms with Crippen LogP contribution in [0.2, 0.25) is 0 Å². The number of nitrogens with two attached hydrogens (primary N) is 1. The topological polar surface area (TPSA) is 29.3 Å². The van der Waals surface area contributed by atoms with Crippen LogP contribution in [0.5, 0.6) is 0 Å². The first kappa shape index (κ1) is 14.5. The van der Waals surface area contributed by atoms with Crippen molar-refractivity contribution in [1.29, 1.82) is 0 Å². The van der Waals surface area contributed by atoms with Crippen molar-refractivity contribution in [3.63, 3.8) is 0 Å². The fourth-order valence-electron chi connectivity index (χ4n) is 2.75. The molecule has 2 unspecified atom stereocenters. The zero-order valence-electron chi connectivity index (χ0n) is 11.1. The number of halogens is 1. The molecule has 0 radical (unpaired) electrons. The molecule has 18 heavy (non-hydrogen) atoms. The quantitative estimate of drug-likeness (QED) is 0.897. The minimum Gasteiger partial charge on any atom is -0.326 e. The highest BCUT2D eigenvalue weighted by atomic mass is 79.9. The van der Waals surface area contributed by atoms with Gasteiger partial charge in [-0.25, -0.2) is 0 Å². The molecule has 1 fully saturated rings. The van der Waals surface area contributed by atoms with Crippen LogP contribution in [-0.2, 0) is 0 Å². The predicted molar refractivity (Wildman–Crippen MR) is 83.1 cm³/mol. The summed E-state index contributed by atoms with van der Waals surface area (Å²) in [4.78, 5) is 4.03. The molecular formula is C14H23BrN2S. The van der Waals surface area contributed by atoms with Crippen molar-refractivity contribution < 1.29 is 0 Å². The number of thiophene rings is 1. The van der Waals surface area contributed by atoms with Gasteiger partial charge in [-0.3, -0.25) is 4.90 Å². The molecule has 2 rings (SSSR count). The molecule has 2 heterocycles. The van der Waals surface area contributed by atoms with E-state index in [2.05, 4.69) is 39.9 Å². The number of nitrogens with zero attached hydrogens (tertiary/aromatic N) is 1. The third-order valence-electron chi connectivity index (χ3n) is 3.80. The SMILES string of the molecule is CCC(N)C(c1ccc(Br)s1)N1CCCCCC1. The van der Waals surface area contributed by atoms with Gasteiger partial charge in [0.05, 0.1) is 9.83 Å². The molecule has 2 atom stereocenters. The highest BCUT2D eigenvalue weighted by molar-refractivity contribution is 9.11. The Morgan fingerprint density at radius 1 is 1.28 bits per heavy atom. The van der Waals surface area contributed by atoms with E-state index >= 15 is 0 Å². The molecule has 1 saturated heterocycles. The summed E-state index contributed by atoms with van der Waals surface area (Å²) in [6.45, 7) is 4.60. The van der Waals surface area contributed by atoms with Crippen molar-refractivity contribution in [2.45, 2.75) is 51.1 Å². The lowest BCUT2D eigenvalue weighted by molar-refractivity contribution is 0.178. The predicted octanol–water partition coefficient (Wildman–Crippen LogP) is 4.17. The molecule has 1 aromatic heterocycles. The maximum Gasteiger partial charge on any atom is 0.0702 e. The smallest absolute Gasteiger partial charge is 0.0702 e. The minimum absolute atomic E-state index is 0.244. The lowest BCUT2D eigenvalue weighted by Crippen LogP contribution is -2.41. The van der Waals surface area contributed by atoms with Crippen molar-refractivity contribution in [3.8, 4) is 0 Å². The molecule has 1 aromatic rings. The highest BCUT2D eigenvalue weighted by Crippen LogP contribution is 2.34. The highest BCUT2D eigenvalue weighted by Gasteiger charge is 2.27. The number of likely N-dealkylation sites (tertiary alicyclic amines) is 1. The van der Waals surface area contributed by atoms with E-state index in [0.717, 1.165) is 6.42 Å². The van der Waals surface area contributed by atoms with Gasteiger partial charge in [-0.05, 0) is 60.4 Å². The van der Waals surface area contributed by atoms with E-state index in [4.69, 9.17) is 5.73 Å². The Morgan fingerprint density at radius 2 is 1.94 bits per heavy atom. The van der Waals surface area contributed by atoms with Crippen LogP contribution in [0.3, 0.4) is 0 Å². The Balaban J connectivity index is 2.18. The Bertz CT molecular complexity index is 358. The van der Waals surface area contributed by atoms with Crippen LogP contribution in [0, 0.1) is 0 Å². The van der Waals surface area contributed by atoms with Crippen molar-refractivity contribution in [2.24, 2.45) is 5.73 Å². The summed E-state index contributed by atoms with van der Waals surface area (Å²) >= 11 is 5.41. The lowest BCUT2D eigenvalue weighted by Gasteiger charge is -2.33. The van der Waals surface area contributed by atoms with Gasteiger partial charge in [0.25, 0.3) is 0 Å². The van der Waals surface area contributed by atoms with Gasteiger partial charge in [0.1, 0.15) is 0 Å². The normalized spacial score (nSPS) is 21.5. The van der Waals surface area contributed by atoms with E-state index in [9.17, 15) is 0 Å². The van der Waals surface area contributed by atoms with Crippen molar-refractivity contribution in [2.75, 3.05) is 13.1 Å². The first-order valence-electron chi connectivity index (χ1n) is 6.97. The fraction of sp³-hybridized carbons (Fsp3) is 0.714. The molecule has 102 valence electrons. The van der Waals surface area contributed by atoms with E-state index in [1.165, 1.54) is 47.4 Å². The monoisotopic (exact) mass is 330 g/mol. The molecule has 2 nitrogen and oxygen atoms in total. The molecule has 1 aliphatic heterocycles. The first-order chi connectivity index (χ1) is 8.72. The third kappa shape index (κ3) is 3.56. The largest absolute Gasteiger partial charge is 0.326 e. The second-order valence-corrected chi connectivity index (χ2v) is 7.60. The Hall–Kier alpha value is 0.1000. The zero-order chi connectivity index (χ0) is 13.0. The molecule has 1 aliphatic rings. The van der Waals surface area contributed by atoms with Gasteiger partial charge in [0, 0.05) is 10.9 Å². The molecule has 0 aliphatic carbocycles. The molecule has 0 bridgehead atoms. The van der Waals surface area contributed by atoms with Crippen molar-refractivity contribution in [1.82, 2.24) is 4.90 Å². The Kier molecular flexibility index (Phi) is 5.67.